The molecule has 0 spiro atoms. The van der Waals surface area contributed by atoms with E-state index in [1.807, 2.05) is 31.2 Å². The molecule has 6 aliphatic rings. The quantitative estimate of drug-likeness (QED) is 0.288. The molecule has 7 heteroatoms. The van der Waals surface area contributed by atoms with Gasteiger partial charge in [0.1, 0.15) is 5.75 Å². The fraction of sp³-hybridized carbons (Fsp3) is 0.379. The zero-order valence-corrected chi connectivity index (χ0v) is 19.9. The van der Waals surface area contributed by atoms with Crippen LogP contribution in [0.3, 0.4) is 0 Å². The van der Waals surface area contributed by atoms with Gasteiger partial charge in [0.25, 0.3) is 0 Å². The summed E-state index contributed by atoms with van der Waals surface area (Å²) in [5, 5.41) is 0. The lowest BCUT2D eigenvalue weighted by atomic mass is 9.63. The molecule has 2 aromatic rings. The number of aryl methyl sites for hydroxylation is 1. The van der Waals surface area contributed by atoms with Crippen molar-refractivity contribution in [2.45, 2.75) is 19.8 Å². The minimum absolute atomic E-state index is 0.0804. The number of hydrogen-bond donors (Lipinski definition) is 0. The van der Waals surface area contributed by atoms with E-state index in [-0.39, 0.29) is 60.1 Å². The van der Waals surface area contributed by atoms with Gasteiger partial charge in [-0.25, -0.2) is 4.90 Å². The molecule has 8 rings (SSSR count). The summed E-state index contributed by atoms with van der Waals surface area (Å²) in [5.41, 5.74) is 2.24. The molecule has 4 aliphatic carbocycles. The average molecular weight is 483 g/mol. The second kappa shape index (κ2) is 7.63. The third-order valence-corrected chi connectivity index (χ3v) is 8.73. The predicted molar refractivity (Wildman–Crippen MR) is 131 cm³/mol. The third-order valence-electron chi connectivity index (χ3n) is 8.73. The van der Waals surface area contributed by atoms with Crippen molar-refractivity contribution < 1.29 is 23.9 Å². The Morgan fingerprint density at radius 2 is 1.56 bits per heavy atom. The number of carbonyl (C=O) groups excluding carboxylic acids is 4. The van der Waals surface area contributed by atoms with Crippen LogP contribution in [-0.2, 0) is 19.2 Å². The van der Waals surface area contributed by atoms with E-state index in [0.29, 0.717) is 17.5 Å². The molecule has 0 N–H and O–H groups in total. The number of anilines is 2. The SMILES string of the molecule is Cc1cccc(N2C[C@@H](C(=O)Oc3cccc(N4C(=O)[C@H]5[C@@H]6C=C[C@H]([C@H]7C[C@H]67)[C@@H]5C4=O)c3)CC2=O)c1. The molecule has 2 heterocycles. The topological polar surface area (TPSA) is 84.0 Å². The van der Waals surface area contributed by atoms with Crippen LogP contribution in [0.25, 0.3) is 0 Å². The zero-order chi connectivity index (χ0) is 24.7. The molecule has 4 fully saturated rings. The largest absolute Gasteiger partial charge is 0.426 e. The Labute approximate surface area is 208 Å². The van der Waals surface area contributed by atoms with Crippen LogP contribution >= 0.6 is 0 Å². The molecule has 0 aromatic heterocycles. The highest BCUT2D eigenvalue weighted by molar-refractivity contribution is 6.22. The van der Waals surface area contributed by atoms with Gasteiger partial charge < -0.3 is 9.64 Å². The van der Waals surface area contributed by atoms with Crippen LogP contribution in [0.5, 0.6) is 5.75 Å². The maximum absolute atomic E-state index is 13.4. The fourth-order valence-electron chi connectivity index (χ4n) is 7.01. The molecule has 7 atom stereocenters. The maximum Gasteiger partial charge on any atom is 0.316 e. The van der Waals surface area contributed by atoms with Gasteiger partial charge in [0, 0.05) is 24.7 Å². The van der Waals surface area contributed by atoms with Crippen LogP contribution in [0.1, 0.15) is 18.4 Å². The van der Waals surface area contributed by atoms with Crippen LogP contribution in [0.2, 0.25) is 0 Å². The van der Waals surface area contributed by atoms with E-state index >= 15 is 0 Å². The summed E-state index contributed by atoms with van der Waals surface area (Å²) in [6, 6.07) is 14.2. The highest BCUT2D eigenvalue weighted by atomic mass is 16.5. The maximum atomic E-state index is 13.4. The summed E-state index contributed by atoms with van der Waals surface area (Å²) in [6.07, 6.45) is 5.50. The first-order valence-corrected chi connectivity index (χ1v) is 12.7. The molecule has 2 bridgehead atoms. The number of hydrogen-bond acceptors (Lipinski definition) is 5. The van der Waals surface area contributed by atoms with Gasteiger partial charge in [-0.3, -0.25) is 19.2 Å². The molecule has 36 heavy (non-hydrogen) atoms. The predicted octanol–water partition coefficient (Wildman–Crippen LogP) is 3.51. The number of allylic oxidation sites excluding steroid dienone is 2. The summed E-state index contributed by atoms with van der Waals surface area (Å²) < 4.78 is 5.64. The van der Waals surface area contributed by atoms with Crippen molar-refractivity contribution in [1.82, 2.24) is 0 Å². The molecule has 2 aromatic carbocycles. The fourth-order valence-corrected chi connectivity index (χ4v) is 7.01. The Balaban J connectivity index is 1.08. The van der Waals surface area contributed by atoms with Gasteiger partial charge in [0.2, 0.25) is 17.7 Å². The molecule has 3 amide bonds. The molecule has 2 aliphatic heterocycles. The summed E-state index contributed by atoms with van der Waals surface area (Å²) >= 11 is 0. The van der Waals surface area contributed by atoms with Crippen LogP contribution in [-0.4, -0.2) is 30.2 Å². The molecule has 0 radical (unpaired) electrons. The Morgan fingerprint density at radius 1 is 0.889 bits per heavy atom. The van der Waals surface area contributed by atoms with Gasteiger partial charge >= 0.3 is 5.97 Å². The molecule has 2 saturated carbocycles. The van der Waals surface area contributed by atoms with Gasteiger partial charge in [0.15, 0.2) is 0 Å². The second-order valence-electron chi connectivity index (χ2n) is 10.8. The van der Waals surface area contributed by atoms with E-state index in [4.69, 9.17) is 4.74 Å². The Morgan fingerprint density at radius 3 is 2.25 bits per heavy atom. The highest BCUT2D eigenvalue weighted by Crippen LogP contribution is 2.65. The van der Waals surface area contributed by atoms with E-state index < -0.39 is 11.9 Å². The third kappa shape index (κ3) is 3.11. The van der Waals surface area contributed by atoms with E-state index in [2.05, 4.69) is 12.2 Å². The molecular weight excluding hydrogens is 456 g/mol. The Hall–Kier alpha value is -3.74. The number of rotatable bonds is 4. The molecular formula is C29H26N2O5. The number of benzene rings is 2. The van der Waals surface area contributed by atoms with Crippen LogP contribution in [0.4, 0.5) is 11.4 Å². The van der Waals surface area contributed by atoms with E-state index in [0.717, 1.165) is 17.7 Å². The standard InChI is InChI=1S/C29H26N2O5/c1-15-4-2-5-17(10-15)30-14-16(11-24(30)32)29(35)36-19-7-3-6-18(12-19)31-27(33)25-20-8-9-21(23-13-22(20)23)26(25)28(31)34/h2-10,12,16,20-23,25-26H,11,13-14H2,1H3/t16-,20+,21+,22+,23+,25-,26-/m0/s1. The summed E-state index contributed by atoms with van der Waals surface area (Å²) in [5.74, 6) is -0.392. The second-order valence-corrected chi connectivity index (χ2v) is 10.8. The van der Waals surface area contributed by atoms with E-state index in [1.54, 1.807) is 29.2 Å². The summed E-state index contributed by atoms with van der Waals surface area (Å²) in [4.78, 5) is 55.2. The minimum atomic E-state index is -0.590. The van der Waals surface area contributed by atoms with Crippen molar-refractivity contribution in [2.24, 2.45) is 41.4 Å². The van der Waals surface area contributed by atoms with Crippen molar-refractivity contribution in [3.63, 3.8) is 0 Å². The number of esters is 1. The van der Waals surface area contributed by atoms with Crippen molar-refractivity contribution in [2.75, 3.05) is 16.3 Å². The minimum Gasteiger partial charge on any atom is -0.426 e. The molecule has 7 nitrogen and oxygen atoms in total. The Kier molecular flexibility index (Phi) is 4.56. The number of imide groups is 1. The van der Waals surface area contributed by atoms with Gasteiger partial charge in [-0.05, 0) is 66.8 Å². The van der Waals surface area contributed by atoms with Gasteiger partial charge in [-0.15, -0.1) is 0 Å². The average Bonchev–Trinajstić information content (AvgIpc) is 3.54. The summed E-state index contributed by atoms with van der Waals surface area (Å²) in [6.45, 7) is 2.21. The number of carbonyl (C=O) groups is 4. The number of amides is 3. The first-order valence-electron chi connectivity index (χ1n) is 12.7. The van der Waals surface area contributed by atoms with Crippen molar-refractivity contribution in [1.29, 1.82) is 0 Å². The lowest BCUT2D eigenvalue weighted by Gasteiger charge is -2.37. The van der Waals surface area contributed by atoms with Crippen molar-refractivity contribution >= 4 is 35.1 Å². The van der Waals surface area contributed by atoms with Crippen LogP contribution < -0.4 is 14.5 Å². The summed E-state index contributed by atoms with van der Waals surface area (Å²) in [7, 11) is 0. The first-order chi connectivity index (χ1) is 17.4. The van der Waals surface area contributed by atoms with Crippen molar-refractivity contribution in [3.05, 3.63) is 66.2 Å². The van der Waals surface area contributed by atoms with Gasteiger partial charge in [0.05, 0.1) is 23.4 Å². The molecule has 182 valence electrons. The zero-order valence-electron chi connectivity index (χ0n) is 19.9. The van der Waals surface area contributed by atoms with Crippen LogP contribution in [0.15, 0.2) is 60.7 Å². The normalized spacial score (nSPS) is 33.7. The Bertz CT molecular complexity index is 1330. The number of ether oxygens (including phenoxy) is 1. The first kappa shape index (κ1) is 21.5. The van der Waals surface area contributed by atoms with Gasteiger partial charge in [-0.2, -0.15) is 0 Å². The number of nitrogens with zero attached hydrogens (tertiary/aromatic N) is 2. The monoisotopic (exact) mass is 482 g/mol. The van der Waals surface area contributed by atoms with E-state index in [1.165, 1.54) is 4.90 Å². The molecule has 2 saturated heterocycles. The highest BCUT2D eigenvalue weighted by Gasteiger charge is 2.67. The van der Waals surface area contributed by atoms with Gasteiger partial charge in [-0.1, -0.05) is 30.4 Å². The lowest BCUT2D eigenvalue weighted by molar-refractivity contribution is -0.139. The van der Waals surface area contributed by atoms with Crippen molar-refractivity contribution in [3.8, 4) is 5.75 Å². The van der Waals surface area contributed by atoms with Crippen LogP contribution in [0, 0.1) is 48.3 Å². The van der Waals surface area contributed by atoms with E-state index in [9.17, 15) is 19.2 Å². The molecule has 0 unspecified atom stereocenters. The smallest absolute Gasteiger partial charge is 0.316 e. The lowest BCUT2D eigenvalue weighted by Crippen LogP contribution is -2.40.